The van der Waals surface area contributed by atoms with E-state index in [-0.39, 0.29) is 34.1 Å². The molecular formula is C28H23NO11S. The van der Waals surface area contributed by atoms with Gasteiger partial charge < -0.3 is 37.6 Å². The second-order valence-corrected chi connectivity index (χ2v) is 10.3. The molecule has 13 heteroatoms. The zero-order valence-corrected chi connectivity index (χ0v) is 22.7. The first-order chi connectivity index (χ1) is 19.5. The van der Waals surface area contributed by atoms with E-state index in [4.69, 9.17) is 18.6 Å². The SMILES string of the molecule is COc1ccc(-c2c3n(c4c(=O)oc5cc(OS(=O)(=O)O)c(OC)cc5c24)CCc2c(OC)cc(O)cc2-3)cc1O. The van der Waals surface area contributed by atoms with E-state index in [1.165, 1.54) is 39.5 Å². The molecule has 2 aromatic heterocycles. The van der Waals surface area contributed by atoms with E-state index in [0.717, 1.165) is 11.6 Å². The molecule has 0 amide bonds. The molecule has 212 valence electrons. The lowest BCUT2D eigenvalue weighted by Gasteiger charge is -2.23. The van der Waals surface area contributed by atoms with Gasteiger partial charge in [-0.15, -0.1) is 0 Å². The Morgan fingerprint density at radius 2 is 1.63 bits per heavy atom. The van der Waals surface area contributed by atoms with Crippen LogP contribution in [0.15, 0.2) is 51.7 Å². The molecule has 0 saturated heterocycles. The highest BCUT2D eigenvalue weighted by molar-refractivity contribution is 7.81. The molecule has 0 bridgehead atoms. The Hall–Kier alpha value is -4.88. The van der Waals surface area contributed by atoms with E-state index in [2.05, 4.69) is 4.18 Å². The van der Waals surface area contributed by atoms with Crippen LogP contribution in [-0.2, 0) is 23.4 Å². The number of phenolic OH excluding ortho intramolecular Hbond substituents is 2. The van der Waals surface area contributed by atoms with Gasteiger partial charge in [-0.25, -0.2) is 4.79 Å². The Morgan fingerprint density at radius 1 is 0.902 bits per heavy atom. The second kappa shape index (κ2) is 9.35. The van der Waals surface area contributed by atoms with Gasteiger partial charge in [0.2, 0.25) is 0 Å². The number of benzene rings is 3. The first-order valence-electron chi connectivity index (χ1n) is 12.2. The first kappa shape index (κ1) is 26.3. The second-order valence-electron chi connectivity index (χ2n) is 9.31. The van der Waals surface area contributed by atoms with Gasteiger partial charge in [-0.3, -0.25) is 4.55 Å². The normalized spacial score (nSPS) is 12.7. The molecule has 6 rings (SSSR count). The lowest BCUT2D eigenvalue weighted by molar-refractivity contribution is 0.360. The number of rotatable bonds is 6. The molecule has 0 aliphatic carbocycles. The summed E-state index contributed by atoms with van der Waals surface area (Å²) in [6.07, 6.45) is 0.477. The number of hydrogen-bond acceptors (Lipinski definition) is 10. The predicted octanol–water partition coefficient (Wildman–Crippen LogP) is 4.26. The van der Waals surface area contributed by atoms with Gasteiger partial charge in [0, 0.05) is 46.1 Å². The molecule has 0 fully saturated rings. The molecular weight excluding hydrogens is 558 g/mol. The molecule has 0 atom stereocenters. The van der Waals surface area contributed by atoms with Gasteiger partial charge >= 0.3 is 16.0 Å². The van der Waals surface area contributed by atoms with Gasteiger partial charge in [-0.1, -0.05) is 6.07 Å². The van der Waals surface area contributed by atoms with Crippen molar-refractivity contribution in [3.05, 3.63) is 58.4 Å². The van der Waals surface area contributed by atoms with Crippen molar-refractivity contribution in [3.63, 3.8) is 0 Å². The first-order valence-corrected chi connectivity index (χ1v) is 13.6. The summed E-state index contributed by atoms with van der Waals surface area (Å²) in [4.78, 5) is 13.6. The van der Waals surface area contributed by atoms with Crippen molar-refractivity contribution < 1.29 is 46.0 Å². The minimum Gasteiger partial charge on any atom is -0.508 e. The summed E-state index contributed by atoms with van der Waals surface area (Å²) in [5.74, 6) is 0.0782. The minimum atomic E-state index is -4.92. The van der Waals surface area contributed by atoms with Crippen LogP contribution in [0.25, 0.3) is 44.3 Å². The van der Waals surface area contributed by atoms with Crippen molar-refractivity contribution in [2.45, 2.75) is 13.0 Å². The van der Waals surface area contributed by atoms with Crippen molar-refractivity contribution in [3.8, 4) is 56.9 Å². The van der Waals surface area contributed by atoms with Gasteiger partial charge in [-0.2, -0.15) is 8.42 Å². The lowest BCUT2D eigenvalue weighted by Crippen LogP contribution is -2.15. The van der Waals surface area contributed by atoms with Crippen molar-refractivity contribution >= 4 is 32.3 Å². The molecule has 0 saturated carbocycles. The molecule has 12 nitrogen and oxygen atoms in total. The number of aromatic nitrogens is 1. The van der Waals surface area contributed by atoms with Crippen molar-refractivity contribution in [2.24, 2.45) is 0 Å². The smallest absolute Gasteiger partial charge is 0.446 e. The van der Waals surface area contributed by atoms with Crippen LogP contribution in [0.2, 0.25) is 0 Å². The fourth-order valence-corrected chi connectivity index (χ4v) is 5.89. The van der Waals surface area contributed by atoms with Crippen LogP contribution in [0, 0.1) is 0 Å². The third-order valence-corrected chi connectivity index (χ3v) is 7.50. The zero-order valence-electron chi connectivity index (χ0n) is 21.9. The van der Waals surface area contributed by atoms with Gasteiger partial charge in [0.15, 0.2) is 23.0 Å². The van der Waals surface area contributed by atoms with Gasteiger partial charge in [0.1, 0.15) is 22.6 Å². The van der Waals surface area contributed by atoms with Crippen LogP contribution < -0.4 is 24.0 Å². The number of methoxy groups -OCH3 is 3. The van der Waals surface area contributed by atoms with Crippen LogP contribution in [0.1, 0.15) is 5.56 Å². The van der Waals surface area contributed by atoms with E-state index < -0.39 is 21.8 Å². The maximum absolute atomic E-state index is 13.6. The summed E-state index contributed by atoms with van der Waals surface area (Å²) in [6, 6.07) is 10.5. The molecule has 1 aliphatic heterocycles. The minimum absolute atomic E-state index is 0.0439. The summed E-state index contributed by atoms with van der Waals surface area (Å²) >= 11 is 0. The number of fused-ring (bicyclic) bond motifs is 7. The molecule has 0 unspecified atom stereocenters. The molecule has 3 heterocycles. The molecule has 5 aromatic rings. The molecule has 1 aliphatic rings. The predicted molar refractivity (Wildman–Crippen MR) is 148 cm³/mol. The Balaban J connectivity index is 1.81. The number of phenols is 2. The van der Waals surface area contributed by atoms with Crippen LogP contribution in [-0.4, -0.2) is 49.1 Å². The Kier molecular flexibility index (Phi) is 6.01. The van der Waals surface area contributed by atoms with E-state index in [9.17, 15) is 28.0 Å². The summed E-state index contributed by atoms with van der Waals surface area (Å²) in [6.45, 7) is 0.361. The number of nitrogens with zero attached hydrogens (tertiary/aromatic N) is 1. The zero-order chi connectivity index (χ0) is 29.2. The Bertz CT molecular complexity index is 2060. The number of aromatic hydroxyl groups is 2. The summed E-state index contributed by atoms with van der Waals surface area (Å²) < 4.78 is 60.3. The standard InChI is InChI=1S/C28H23NO11S/c1-36-19-5-4-13(8-18(19)31)24-25-17-11-22(38-3)23(40-41(33,34)35)12-21(17)39-28(32)27(25)29-7-6-15-16(26(24)29)9-14(30)10-20(15)37-2/h4-5,8-12,30-31H,6-7H2,1-3H3,(H,33,34,35). The van der Waals surface area contributed by atoms with Crippen LogP contribution in [0.5, 0.6) is 34.5 Å². The summed E-state index contributed by atoms with van der Waals surface area (Å²) in [5.41, 5.74) is 2.47. The number of aryl methyl sites for hydroxylation is 1. The topological polar surface area (TPSA) is 167 Å². The van der Waals surface area contributed by atoms with E-state index in [1.807, 2.05) is 0 Å². The van der Waals surface area contributed by atoms with E-state index in [0.29, 0.717) is 51.9 Å². The maximum atomic E-state index is 13.6. The van der Waals surface area contributed by atoms with Crippen molar-refractivity contribution in [2.75, 3.05) is 21.3 Å². The van der Waals surface area contributed by atoms with E-state index >= 15 is 0 Å². The fraction of sp³-hybridized carbons (Fsp3) is 0.179. The average molecular weight is 582 g/mol. The third-order valence-electron chi connectivity index (χ3n) is 7.11. The van der Waals surface area contributed by atoms with Gasteiger partial charge in [0.05, 0.1) is 27.0 Å². The monoisotopic (exact) mass is 581 g/mol. The Labute approximate surface area is 232 Å². The van der Waals surface area contributed by atoms with Crippen LogP contribution >= 0.6 is 0 Å². The molecule has 3 aromatic carbocycles. The van der Waals surface area contributed by atoms with Gasteiger partial charge in [0.25, 0.3) is 0 Å². The van der Waals surface area contributed by atoms with Crippen LogP contribution in [0.4, 0.5) is 0 Å². The lowest BCUT2D eigenvalue weighted by atomic mass is 9.91. The molecule has 3 N–H and O–H groups in total. The van der Waals surface area contributed by atoms with Crippen molar-refractivity contribution in [1.29, 1.82) is 0 Å². The summed E-state index contributed by atoms with van der Waals surface area (Å²) in [5, 5.41) is 22.0. The highest BCUT2D eigenvalue weighted by Gasteiger charge is 2.31. The highest BCUT2D eigenvalue weighted by atomic mass is 32.3. The van der Waals surface area contributed by atoms with Gasteiger partial charge in [-0.05, 0) is 36.2 Å². The largest absolute Gasteiger partial charge is 0.508 e. The average Bonchev–Trinajstić information content (AvgIpc) is 3.28. The maximum Gasteiger partial charge on any atom is 0.446 e. The molecule has 41 heavy (non-hydrogen) atoms. The van der Waals surface area contributed by atoms with E-state index in [1.54, 1.807) is 22.8 Å². The Morgan fingerprint density at radius 3 is 2.29 bits per heavy atom. The number of hydrogen-bond donors (Lipinski definition) is 3. The highest BCUT2D eigenvalue weighted by Crippen LogP contribution is 2.50. The molecule has 0 radical (unpaired) electrons. The van der Waals surface area contributed by atoms with Crippen LogP contribution in [0.3, 0.4) is 0 Å². The number of ether oxygens (including phenoxy) is 3. The fourth-order valence-electron chi connectivity index (χ4n) is 5.54. The quantitative estimate of drug-likeness (QED) is 0.194. The third kappa shape index (κ3) is 4.17. The molecule has 0 spiro atoms. The summed E-state index contributed by atoms with van der Waals surface area (Å²) in [7, 11) is -0.709. The van der Waals surface area contributed by atoms with Crippen molar-refractivity contribution in [1.82, 2.24) is 4.57 Å².